The fourth-order valence-electron chi connectivity index (χ4n) is 2.16. The maximum atomic E-state index is 13.3. The van der Waals surface area contributed by atoms with Crippen LogP contribution in [0, 0.1) is 12.7 Å². The highest BCUT2D eigenvalue weighted by Crippen LogP contribution is 2.25. The van der Waals surface area contributed by atoms with Gasteiger partial charge in [-0.3, -0.25) is 0 Å². The molecule has 1 heterocycles. The van der Waals surface area contributed by atoms with Gasteiger partial charge in [0.1, 0.15) is 11.6 Å². The van der Waals surface area contributed by atoms with E-state index < -0.39 is 0 Å². The zero-order valence-corrected chi connectivity index (χ0v) is 14.2. The molecule has 2 aromatic carbocycles. The summed E-state index contributed by atoms with van der Waals surface area (Å²) in [7, 11) is 0. The van der Waals surface area contributed by atoms with E-state index in [9.17, 15) is 4.39 Å². The van der Waals surface area contributed by atoms with E-state index in [4.69, 9.17) is 23.2 Å². The molecular formula is C17H13Cl2FN4. The van der Waals surface area contributed by atoms with Crippen LogP contribution in [0.3, 0.4) is 0 Å². The fourth-order valence-corrected chi connectivity index (χ4v) is 2.68. The van der Waals surface area contributed by atoms with Gasteiger partial charge in [0.05, 0.1) is 0 Å². The van der Waals surface area contributed by atoms with Crippen molar-refractivity contribution < 1.29 is 4.39 Å². The van der Waals surface area contributed by atoms with Crippen molar-refractivity contribution in [2.45, 2.75) is 6.92 Å². The average Bonchev–Trinajstić information content (AvgIpc) is 2.45. The molecule has 0 unspecified atom stereocenters. The third-order valence-electron chi connectivity index (χ3n) is 3.07. The maximum Gasteiger partial charge on any atom is 0.229 e. The minimum atomic E-state index is -0.334. The summed E-state index contributed by atoms with van der Waals surface area (Å²) in [5.74, 6) is 0.593. The van der Waals surface area contributed by atoms with Crippen molar-refractivity contribution in [1.29, 1.82) is 0 Å². The van der Waals surface area contributed by atoms with Gasteiger partial charge in [-0.05, 0) is 43.3 Å². The SMILES string of the molecule is Cc1cc(Nc2cc(Cl)cc(Cl)c2)nc(Nc2cccc(F)c2)n1. The first-order valence-electron chi connectivity index (χ1n) is 7.09. The summed E-state index contributed by atoms with van der Waals surface area (Å²) in [5, 5.41) is 7.15. The molecule has 3 aromatic rings. The second-order valence-electron chi connectivity index (χ2n) is 5.14. The Morgan fingerprint density at radius 3 is 2.33 bits per heavy atom. The maximum absolute atomic E-state index is 13.3. The summed E-state index contributed by atoms with van der Waals surface area (Å²) in [6, 6.07) is 13.0. The van der Waals surface area contributed by atoms with Crippen molar-refractivity contribution in [2.24, 2.45) is 0 Å². The molecule has 0 atom stereocenters. The second-order valence-corrected chi connectivity index (χ2v) is 6.01. The van der Waals surface area contributed by atoms with Crippen molar-refractivity contribution in [1.82, 2.24) is 9.97 Å². The molecule has 24 heavy (non-hydrogen) atoms. The molecule has 3 rings (SSSR count). The van der Waals surface area contributed by atoms with Crippen molar-refractivity contribution in [2.75, 3.05) is 10.6 Å². The van der Waals surface area contributed by atoms with Gasteiger partial charge < -0.3 is 10.6 Å². The number of aryl methyl sites for hydroxylation is 1. The smallest absolute Gasteiger partial charge is 0.229 e. The fraction of sp³-hybridized carbons (Fsp3) is 0.0588. The lowest BCUT2D eigenvalue weighted by Crippen LogP contribution is -2.02. The van der Waals surface area contributed by atoms with Crippen molar-refractivity contribution >= 4 is 46.3 Å². The van der Waals surface area contributed by atoms with E-state index in [0.717, 1.165) is 5.69 Å². The predicted molar refractivity (Wildman–Crippen MR) is 96.2 cm³/mol. The Balaban J connectivity index is 1.85. The Kier molecular flexibility index (Phi) is 4.83. The molecule has 2 N–H and O–H groups in total. The number of benzene rings is 2. The van der Waals surface area contributed by atoms with Gasteiger partial charge in [-0.2, -0.15) is 4.98 Å². The Morgan fingerprint density at radius 1 is 0.875 bits per heavy atom. The minimum Gasteiger partial charge on any atom is -0.340 e. The van der Waals surface area contributed by atoms with Crippen LogP contribution in [0.4, 0.5) is 27.5 Å². The van der Waals surface area contributed by atoms with Crippen LogP contribution in [0.5, 0.6) is 0 Å². The van der Waals surface area contributed by atoms with Crippen LogP contribution >= 0.6 is 23.2 Å². The predicted octanol–water partition coefficient (Wildman–Crippen LogP) is 5.72. The molecule has 7 heteroatoms. The second kappa shape index (κ2) is 7.03. The number of aromatic nitrogens is 2. The molecule has 0 amide bonds. The zero-order chi connectivity index (χ0) is 17.1. The van der Waals surface area contributed by atoms with E-state index in [2.05, 4.69) is 20.6 Å². The summed E-state index contributed by atoms with van der Waals surface area (Å²) in [6.45, 7) is 1.84. The number of hydrogen-bond donors (Lipinski definition) is 2. The highest BCUT2D eigenvalue weighted by Gasteiger charge is 2.05. The van der Waals surface area contributed by atoms with E-state index in [-0.39, 0.29) is 5.82 Å². The molecule has 122 valence electrons. The number of rotatable bonds is 4. The molecule has 0 fully saturated rings. The molecule has 0 radical (unpaired) electrons. The number of anilines is 4. The molecule has 0 bridgehead atoms. The van der Waals surface area contributed by atoms with Gasteiger partial charge >= 0.3 is 0 Å². The lowest BCUT2D eigenvalue weighted by atomic mass is 10.3. The third kappa shape index (κ3) is 4.34. The van der Waals surface area contributed by atoms with Crippen LogP contribution in [-0.2, 0) is 0 Å². The first-order valence-corrected chi connectivity index (χ1v) is 7.85. The van der Waals surface area contributed by atoms with Gasteiger partial charge in [0.15, 0.2) is 0 Å². The van der Waals surface area contributed by atoms with Crippen molar-refractivity contribution in [3.63, 3.8) is 0 Å². The number of nitrogens with one attached hydrogen (secondary N) is 2. The van der Waals surface area contributed by atoms with Crippen molar-refractivity contribution in [3.05, 3.63) is 70.1 Å². The highest BCUT2D eigenvalue weighted by atomic mass is 35.5. The lowest BCUT2D eigenvalue weighted by molar-refractivity contribution is 0.628. The Morgan fingerprint density at radius 2 is 1.62 bits per heavy atom. The van der Waals surface area contributed by atoms with Crippen LogP contribution < -0.4 is 10.6 Å². The molecule has 0 spiro atoms. The van der Waals surface area contributed by atoms with Crippen LogP contribution in [0.15, 0.2) is 48.5 Å². The molecule has 1 aromatic heterocycles. The molecule has 0 aliphatic rings. The van der Waals surface area contributed by atoms with Gasteiger partial charge in [0.25, 0.3) is 0 Å². The first kappa shape index (κ1) is 16.5. The zero-order valence-electron chi connectivity index (χ0n) is 12.6. The summed E-state index contributed by atoms with van der Waals surface area (Å²) >= 11 is 12.0. The Labute approximate surface area is 148 Å². The lowest BCUT2D eigenvalue weighted by Gasteiger charge is -2.10. The Bertz CT molecular complexity index is 866. The standard InChI is InChI=1S/C17H13Cl2FN4/c1-10-5-16(22-15-7-11(18)6-12(19)8-15)24-17(21-10)23-14-4-2-3-13(20)9-14/h2-9H,1H3,(H2,21,22,23,24). The van der Waals surface area contributed by atoms with E-state index in [0.29, 0.717) is 33.2 Å². The minimum absolute atomic E-state index is 0.334. The van der Waals surface area contributed by atoms with Gasteiger partial charge in [0.2, 0.25) is 5.95 Å². The van der Waals surface area contributed by atoms with Crippen molar-refractivity contribution in [3.8, 4) is 0 Å². The van der Waals surface area contributed by atoms with Crippen LogP contribution in [-0.4, -0.2) is 9.97 Å². The average molecular weight is 363 g/mol. The normalized spacial score (nSPS) is 10.5. The van der Waals surface area contributed by atoms with E-state index >= 15 is 0 Å². The Hall–Kier alpha value is -2.37. The summed E-state index contributed by atoms with van der Waals surface area (Å²) < 4.78 is 13.3. The summed E-state index contributed by atoms with van der Waals surface area (Å²) in [6.07, 6.45) is 0. The number of hydrogen-bond acceptors (Lipinski definition) is 4. The monoisotopic (exact) mass is 362 g/mol. The van der Waals surface area contributed by atoms with Crippen LogP contribution in [0.25, 0.3) is 0 Å². The molecule has 4 nitrogen and oxygen atoms in total. The van der Waals surface area contributed by atoms with E-state index in [1.54, 1.807) is 36.4 Å². The van der Waals surface area contributed by atoms with Crippen LogP contribution in [0.2, 0.25) is 10.0 Å². The van der Waals surface area contributed by atoms with E-state index in [1.807, 2.05) is 6.92 Å². The highest BCUT2D eigenvalue weighted by molar-refractivity contribution is 6.35. The molecular weight excluding hydrogens is 350 g/mol. The summed E-state index contributed by atoms with van der Waals surface area (Å²) in [4.78, 5) is 8.67. The number of halogens is 3. The van der Waals surface area contributed by atoms with Gasteiger partial charge in [0, 0.05) is 33.2 Å². The molecule has 0 saturated carbocycles. The van der Waals surface area contributed by atoms with E-state index in [1.165, 1.54) is 12.1 Å². The van der Waals surface area contributed by atoms with Crippen LogP contribution in [0.1, 0.15) is 5.69 Å². The molecule has 0 aliphatic heterocycles. The summed E-state index contributed by atoms with van der Waals surface area (Å²) in [5.41, 5.74) is 2.03. The van der Waals surface area contributed by atoms with Gasteiger partial charge in [-0.1, -0.05) is 29.3 Å². The molecule has 0 aliphatic carbocycles. The largest absolute Gasteiger partial charge is 0.340 e. The number of nitrogens with zero attached hydrogens (tertiary/aromatic N) is 2. The quantitative estimate of drug-likeness (QED) is 0.623. The van der Waals surface area contributed by atoms with Gasteiger partial charge in [-0.15, -0.1) is 0 Å². The molecule has 0 saturated heterocycles. The topological polar surface area (TPSA) is 49.8 Å². The third-order valence-corrected chi connectivity index (χ3v) is 3.51. The first-order chi connectivity index (χ1) is 11.5. The van der Waals surface area contributed by atoms with Gasteiger partial charge in [-0.25, -0.2) is 9.37 Å².